The lowest BCUT2D eigenvalue weighted by Gasteiger charge is -2.31. The zero-order valence-electron chi connectivity index (χ0n) is 11.4. The first-order valence-electron chi connectivity index (χ1n) is 6.79. The Morgan fingerprint density at radius 3 is 2.89 bits per heavy atom. The Kier molecular flexibility index (Phi) is 4.36. The second-order valence-electron chi connectivity index (χ2n) is 5.67. The molecule has 1 unspecified atom stereocenters. The molecular formula is C15H23FN2. The van der Waals surface area contributed by atoms with Gasteiger partial charge in [0.25, 0.3) is 0 Å². The van der Waals surface area contributed by atoms with E-state index in [9.17, 15) is 4.39 Å². The van der Waals surface area contributed by atoms with Crippen molar-refractivity contribution in [3.05, 3.63) is 35.6 Å². The van der Waals surface area contributed by atoms with Crippen molar-refractivity contribution in [2.24, 2.45) is 5.41 Å². The maximum absolute atomic E-state index is 13.2. The van der Waals surface area contributed by atoms with E-state index in [-0.39, 0.29) is 5.82 Å². The predicted molar refractivity (Wildman–Crippen MR) is 72.9 cm³/mol. The summed E-state index contributed by atoms with van der Waals surface area (Å²) in [4.78, 5) is 2.40. The van der Waals surface area contributed by atoms with E-state index in [1.54, 1.807) is 12.1 Å². The Morgan fingerprint density at radius 1 is 1.44 bits per heavy atom. The zero-order chi connectivity index (χ0) is 13.0. The number of hydrogen-bond acceptors (Lipinski definition) is 2. The van der Waals surface area contributed by atoms with Crippen LogP contribution < -0.4 is 5.32 Å². The molecule has 100 valence electrons. The van der Waals surface area contributed by atoms with Gasteiger partial charge in [0, 0.05) is 19.6 Å². The van der Waals surface area contributed by atoms with Gasteiger partial charge in [-0.2, -0.15) is 0 Å². The molecule has 0 radical (unpaired) electrons. The van der Waals surface area contributed by atoms with E-state index in [1.165, 1.54) is 12.5 Å². The molecule has 3 heteroatoms. The summed E-state index contributed by atoms with van der Waals surface area (Å²) in [6.45, 7) is 9.63. The molecule has 1 N–H and O–H groups in total. The summed E-state index contributed by atoms with van der Waals surface area (Å²) in [5.74, 6) is -0.141. The first-order chi connectivity index (χ1) is 8.61. The molecule has 0 amide bonds. The fourth-order valence-corrected chi connectivity index (χ4v) is 2.72. The van der Waals surface area contributed by atoms with Crippen LogP contribution >= 0.6 is 0 Å². The normalized spacial score (nSPS) is 23.8. The number of rotatable bonds is 5. The van der Waals surface area contributed by atoms with Gasteiger partial charge in [0.2, 0.25) is 0 Å². The largest absolute Gasteiger partial charge is 0.316 e. The molecule has 1 aliphatic rings. The van der Waals surface area contributed by atoms with Crippen molar-refractivity contribution in [2.45, 2.75) is 26.8 Å². The number of halogens is 1. The molecule has 0 bridgehead atoms. The van der Waals surface area contributed by atoms with Crippen molar-refractivity contribution in [3.63, 3.8) is 0 Å². The Bertz CT molecular complexity index is 386. The third kappa shape index (κ3) is 3.53. The van der Waals surface area contributed by atoms with Crippen LogP contribution in [0.15, 0.2) is 24.3 Å². The maximum atomic E-state index is 13.2. The van der Waals surface area contributed by atoms with Crippen LogP contribution in [0.3, 0.4) is 0 Å². The first-order valence-corrected chi connectivity index (χ1v) is 6.79. The van der Waals surface area contributed by atoms with Crippen molar-refractivity contribution in [1.29, 1.82) is 0 Å². The van der Waals surface area contributed by atoms with Gasteiger partial charge >= 0.3 is 0 Å². The van der Waals surface area contributed by atoms with Crippen LogP contribution in [0.4, 0.5) is 4.39 Å². The van der Waals surface area contributed by atoms with Crippen molar-refractivity contribution in [3.8, 4) is 0 Å². The fraction of sp³-hybridized carbons (Fsp3) is 0.600. The van der Waals surface area contributed by atoms with Gasteiger partial charge in [-0.1, -0.05) is 26.0 Å². The lowest BCUT2D eigenvalue weighted by atomic mass is 9.89. The highest BCUT2D eigenvalue weighted by atomic mass is 19.1. The minimum atomic E-state index is -0.141. The molecule has 1 aromatic carbocycles. The molecule has 0 spiro atoms. The van der Waals surface area contributed by atoms with Crippen molar-refractivity contribution in [1.82, 2.24) is 10.2 Å². The van der Waals surface area contributed by atoms with E-state index in [0.29, 0.717) is 5.41 Å². The van der Waals surface area contributed by atoms with Gasteiger partial charge in [0.15, 0.2) is 0 Å². The summed E-state index contributed by atoms with van der Waals surface area (Å²) < 4.78 is 13.2. The fourth-order valence-electron chi connectivity index (χ4n) is 2.72. The monoisotopic (exact) mass is 250 g/mol. The Labute approximate surface area is 109 Å². The van der Waals surface area contributed by atoms with E-state index < -0.39 is 0 Å². The van der Waals surface area contributed by atoms with E-state index in [2.05, 4.69) is 24.1 Å². The molecule has 1 fully saturated rings. The molecule has 0 saturated carbocycles. The Balaban J connectivity index is 1.97. The number of hydrogen-bond donors (Lipinski definition) is 1. The standard InChI is InChI=1S/C15H23FN2/c1-3-18(12-15(2)7-8-17-11-15)10-13-5-4-6-14(16)9-13/h4-6,9,17H,3,7-8,10-12H2,1-2H3. The summed E-state index contributed by atoms with van der Waals surface area (Å²) in [5, 5.41) is 3.43. The van der Waals surface area contributed by atoms with Gasteiger partial charge in [-0.25, -0.2) is 4.39 Å². The van der Waals surface area contributed by atoms with Crippen molar-refractivity contribution in [2.75, 3.05) is 26.2 Å². The van der Waals surface area contributed by atoms with Crippen molar-refractivity contribution < 1.29 is 4.39 Å². The second-order valence-corrected chi connectivity index (χ2v) is 5.67. The van der Waals surface area contributed by atoms with Crippen LogP contribution in [-0.2, 0) is 6.54 Å². The van der Waals surface area contributed by atoms with Crippen LogP contribution in [0, 0.1) is 11.2 Å². The quantitative estimate of drug-likeness (QED) is 0.864. The topological polar surface area (TPSA) is 15.3 Å². The second kappa shape index (κ2) is 5.81. The maximum Gasteiger partial charge on any atom is 0.123 e. The first kappa shape index (κ1) is 13.5. The van der Waals surface area contributed by atoms with Crippen LogP contribution in [0.5, 0.6) is 0 Å². The number of nitrogens with zero attached hydrogens (tertiary/aromatic N) is 1. The molecule has 2 nitrogen and oxygen atoms in total. The molecule has 2 rings (SSSR count). The van der Waals surface area contributed by atoms with Gasteiger partial charge in [-0.3, -0.25) is 4.90 Å². The summed E-state index contributed by atoms with van der Waals surface area (Å²) in [5.41, 5.74) is 1.43. The predicted octanol–water partition coefficient (Wildman–Crippen LogP) is 2.65. The van der Waals surface area contributed by atoms with E-state index in [0.717, 1.165) is 38.3 Å². The highest BCUT2D eigenvalue weighted by Crippen LogP contribution is 2.26. The molecule has 1 atom stereocenters. The SMILES string of the molecule is CCN(Cc1cccc(F)c1)CC1(C)CCNC1. The van der Waals surface area contributed by atoms with Gasteiger partial charge < -0.3 is 5.32 Å². The minimum Gasteiger partial charge on any atom is -0.316 e. The average molecular weight is 250 g/mol. The lowest BCUT2D eigenvalue weighted by molar-refractivity contribution is 0.178. The highest BCUT2D eigenvalue weighted by Gasteiger charge is 2.30. The van der Waals surface area contributed by atoms with E-state index in [1.807, 2.05) is 6.07 Å². The van der Waals surface area contributed by atoms with Crippen molar-refractivity contribution >= 4 is 0 Å². The Hall–Kier alpha value is -0.930. The van der Waals surface area contributed by atoms with Gasteiger partial charge in [0.05, 0.1) is 0 Å². The molecule has 1 aromatic rings. The third-order valence-electron chi connectivity index (χ3n) is 3.80. The molecule has 1 heterocycles. The van der Waals surface area contributed by atoms with Crippen LogP contribution in [0.2, 0.25) is 0 Å². The van der Waals surface area contributed by atoms with Crippen LogP contribution in [0.25, 0.3) is 0 Å². The van der Waals surface area contributed by atoms with Gasteiger partial charge in [-0.05, 0) is 42.6 Å². The zero-order valence-corrected chi connectivity index (χ0v) is 11.4. The van der Waals surface area contributed by atoms with Gasteiger partial charge in [-0.15, -0.1) is 0 Å². The van der Waals surface area contributed by atoms with E-state index >= 15 is 0 Å². The third-order valence-corrected chi connectivity index (χ3v) is 3.80. The summed E-state index contributed by atoms with van der Waals surface area (Å²) >= 11 is 0. The number of nitrogens with one attached hydrogen (secondary N) is 1. The minimum absolute atomic E-state index is 0.141. The van der Waals surface area contributed by atoms with Crippen LogP contribution in [-0.4, -0.2) is 31.1 Å². The molecular weight excluding hydrogens is 227 g/mol. The summed E-state index contributed by atoms with van der Waals surface area (Å²) in [7, 11) is 0. The number of benzene rings is 1. The lowest BCUT2D eigenvalue weighted by Crippen LogP contribution is -2.37. The molecule has 0 aliphatic carbocycles. The molecule has 1 saturated heterocycles. The highest BCUT2D eigenvalue weighted by molar-refractivity contribution is 5.16. The average Bonchev–Trinajstić information content (AvgIpc) is 2.75. The Morgan fingerprint density at radius 2 is 2.28 bits per heavy atom. The smallest absolute Gasteiger partial charge is 0.123 e. The molecule has 1 aliphatic heterocycles. The molecule has 18 heavy (non-hydrogen) atoms. The summed E-state index contributed by atoms with van der Waals surface area (Å²) in [6.07, 6.45) is 1.23. The van der Waals surface area contributed by atoms with Gasteiger partial charge in [0.1, 0.15) is 5.82 Å². The summed E-state index contributed by atoms with van der Waals surface area (Å²) in [6, 6.07) is 6.93. The molecule has 0 aromatic heterocycles. The van der Waals surface area contributed by atoms with Crippen LogP contribution in [0.1, 0.15) is 25.8 Å². The van der Waals surface area contributed by atoms with E-state index in [4.69, 9.17) is 0 Å².